The SMILES string of the molecule is [2H]C(CC)COCCCC(C)C. The van der Waals surface area contributed by atoms with E-state index in [2.05, 4.69) is 13.8 Å². The fourth-order valence-electron chi connectivity index (χ4n) is 0.878. The van der Waals surface area contributed by atoms with E-state index in [4.69, 9.17) is 6.11 Å². The average Bonchev–Trinajstić information content (AvgIpc) is 2.03. The largest absolute Gasteiger partial charge is 0.381 e. The highest BCUT2D eigenvalue weighted by Crippen LogP contribution is 2.03. The third-order valence-electron chi connectivity index (χ3n) is 1.59. The van der Waals surface area contributed by atoms with Crippen LogP contribution in [0.15, 0.2) is 0 Å². The summed E-state index contributed by atoms with van der Waals surface area (Å²) in [6.07, 6.45) is 3.23. The molecule has 0 N–H and O–H groups in total. The molecule has 0 spiro atoms. The minimum absolute atomic E-state index is 0.0240. The molecule has 0 aliphatic rings. The zero-order chi connectivity index (χ0) is 9.40. The summed E-state index contributed by atoms with van der Waals surface area (Å²) in [5.74, 6) is 0.770. The standard InChI is InChI=1S/C10H22O/c1-4-5-8-11-9-6-7-10(2)3/h10H,4-9H2,1-3H3/i5D. The maximum Gasteiger partial charge on any atom is 0.0466 e. The van der Waals surface area contributed by atoms with Crippen molar-refractivity contribution in [3.63, 3.8) is 0 Å². The van der Waals surface area contributed by atoms with Gasteiger partial charge in [0.25, 0.3) is 0 Å². The Labute approximate surface area is 72.5 Å². The quantitative estimate of drug-likeness (QED) is 0.518. The topological polar surface area (TPSA) is 9.23 Å². The van der Waals surface area contributed by atoms with Gasteiger partial charge in [0.15, 0.2) is 0 Å². The molecule has 1 heteroatoms. The molecule has 1 unspecified atom stereocenters. The van der Waals surface area contributed by atoms with Crippen LogP contribution in [0.4, 0.5) is 0 Å². The summed E-state index contributed by atoms with van der Waals surface area (Å²) in [5.41, 5.74) is 0. The van der Waals surface area contributed by atoms with Crippen LogP contribution in [0, 0.1) is 5.92 Å². The van der Waals surface area contributed by atoms with Gasteiger partial charge in [-0.15, -0.1) is 0 Å². The smallest absolute Gasteiger partial charge is 0.0466 e. The van der Waals surface area contributed by atoms with E-state index in [1.807, 2.05) is 6.92 Å². The Morgan fingerprint density at radius 3 is 2.64 bits per heavy atom. The maximum atomic E-state index is 7.42. The fraction of sp³-hybridized carbons (Fsp3) is 1.00. The molecule has 0 amide bonds. The van der Waals surface area contributed by atoms with E-state index < -0.39 is 0 Å². The third kappa shape index (κ3) is 9.96. The summed E-state index contributed by atoms with van der Waals surface area (Å²) in [4.78, 5) is 0. The van der Waals surface area contributed by atoms with Gasteiger partial charge in [-0.1, -0.05) is 27.2 Å². The van der Waals surface area contributed by atoms with Crippen molar-refractivity contribution in [1.82, 2.24) is 0 Å². The van der Waals surface area contributed by atoms with Crippen molar-refractivity contribution in [2.24, 2.45) is 5.92 Å². The molecular formula is C10H22O. The van der Waals surface area contributed by atoms with Crippen LogP contribution in [0.25, 0.3) is 0 Å². The third-order valence-corrected chi connectivity index (χ3v) is 1.59. The summed E-state index contributed by atoms with van der Waals surface area (Å²) in [6, 6.07) is 0. The van der Waals surface area contributed by atoms with Gasteiger partial charge < -0.3 is 4.74 Å². The lowest BCUT2D eigenvalue weighted by atomic mass is 10.1. The van der Waals surface area contributed by atoms with Gasteiger partial charge in [0.1, 0.15) is 0 Å². The number of ether oxygens (including phenoxy) is 1. The molecule has 0 rings (SSSR count). The Balaban J connectivity index is 3.00. The molecule has 0 saturated heterocycles. The van der Waals surface area contributed by atoms with Gasteiger partial charge in [-0.05, 0) is 25.2 Å². The monoisotopic (exact) mass is 159 g/mol. The van der Waals surface area contributed by atoms with Crippen LogP contribution in [-0.2, 0) is 4.74 Å². The highest BCUT2D eigenvalue weighted by Gasteiger charge is 1.93. The Morgan fingerprint density at radius 2 is 2.09 bits per heavy atom. The molecule has 68 valence electrons. The van der Waals surface area contributed by atoms with E-state index in [-0.39, 0.29) is 6.40 Å². The number of rotatable bonds is 7. The predicted octanol–water partition coefficient (Wildman–Crippen LogP) is 3.24. The Bertz CT molecular complexity index is 93.8. The molecular weight excluding hydrogens is 136 g/mol. The van der Waals surface area contributed by atoms with Crippen molar-refractivity contribution < 1.29 is 6.11 Å². The molecule has 0 radical (unpaired) electrons. The van der Waals surface area contributed by atoms with Gasteiger partial charge in [-0.25, -0.2) is 0 Å². The molecule has 0 saturated carbocycles. The summed E-state index contributed by atoms with van der Waals surface area (Å²) in [5, 5.41) is 0. The van der Waals surface area contributed by atoms with Crippen molar-refractivity contribution in [2.75, 3.05) is 13.2 Å². The van der Waals surface area contributed by atoms with E-state index in [0.717, 1.165) is 25.4 Å². The van der Waals surface area contributed by atoms with Gasteiger partial charge in [0, 0.05) is 14.6 Å². The normalized spacial score (nSPS) is 15.1. The molecule has 1 nitrogen and oxygen atoms in total. The highest BCUT2D eigenvalue weighted by molar-refractivity contribution is 4.44. The van der Waals surface area contributed by atoms with Crippen LogP contribution in [-0.4, -0.2) is 13.2 Å². The Kier molecular flexibility index (Phi) is 6.63. The molecule has 1 atom stereocenters. The molecule has 0 bridgehead atoms. The van der Waals surface area contributed by atoms with Crippen molar-refractivity contribution in [3.8, 4) is 0 Å². The summed E-state index contributed by atoms with van der Waals surface area (Å²) < 4.78 is 12.8. The van der Waals surface area contributed by atoms with E-state index in [0.29, 0.717) is 6.61 Å². The lowest BCUT2D eigenvalue weighted by Gasteiger charge is -2.04. The van der Waals surface area contributed by atoms with Crippen LogP contribution in [0.5, 0.6) is 0 Å². The zero-order valence-electron chi connectivity index (χ0n) is 9.10. The lowest BCUT2D eigenvalue weighted by Crippen LogP contribution is -1.98. The van der Waals surface area contributed by atoms with Crippen LogP contribution in [0.3, 0.4) is 0 Å². The Hall–Kier alpha value is -0.0400. The molecule has 0 heterocycles. The molecule has 0 aromatic heterocycles. The van der Waals surface area contributed by atoms with E-state index in [1.54, 1.807) is 0 Å². The summed E-state index contributed by atoms with van der Waals surface area (Å²) in [6.45, 7) is 7.90. The van der Waals surface area contributed by atoms with Crippen LogP contribution < -0.4 is 0 Å². The number of hydrogen-bond acceptors (Lipinski definition) is 1. The second kappa shape index (κ2) is 8.06. The van der Waals surface area contributed by atoms with Crippen LogP contribution in [0.1, 0.15) is 47.8 Å². The second-order valence-electron chi connectivity index (χ2n) is 3.31. The molecule has 0 aromatic rings. The van der Waals surface area contributed by atoms with Gasteiger partial charge in [-0.3, -0.25) is 0 Å². The first-order chi connectivity index (χ1) is 5.66. The van der Waals surface area contributed by atoms with Crippen LogP contribution >= 0.6 is 0 Å². The van der Waals surface area contributed by atoms with E-state index in [9.17, 15) is 0 Å². The van der Waals surface area contributed by atoms with E-state index >= 15 is 0 Å². The number of hydrogen-bond donors (Lipinski definition) is 0. The predicted molar refractivity (Wildman–Crippen MR) is 49.8 cm³/mol. The van der Waals surface area contributed by atoms with Gasteiger partial charge in [-0.2, -0.15) is 0 Å². The first-order valence-electron chi connectivity index (χ1n) is 5.24. The molecule has 0 aromatic carbocycles. The highest BCUT2D eigenvalue weighted by atomic mass is 16.5. The van der Waals surface area contributed by atoms with Crippen LogP contribution in [0.2, 0.25) is 0 Å². The first-order valence-corrected chi connectivity index (χ1v) is 4.66. The molecule has 0 aliphatic carbocycles. The molecule has 11 heavy (non-hydrogen) atoms. The van der Waals surface area contributed by atoms with Gasteiger partial charge >= 0.3 is 0 Å². The summed E-state index contributed by atoms with van der Waals surface area (Å²) >= 11 is 0. The average molecular weight is 159 g/mol. The first kappa shape index (κ1) is 9.05. The molecule has 0 fully saturated rings. The van der Waals surface area contributed by atoms with Gasteiger partial charge in [0.05, 0.1) is 0 Å². The zero-order valence-corrected chi connectivity index (χ0v) is 8.10. The van der Waals surface area contributed by atoms with Crippen molar-refractivity contribution in [3.05, 3.63) is 0 Å². The maximum absolute atomic E-state index is 7.42. The van der Waals surface area contributed by atoms with Crippen molar-refractivity contribution in [1.29, 1.82) is 0 Å². The van der Waals surface area contributed by atoms with E-state index in [1.165, 1.54) is 6.42 Å². The minimum Gasteiger partial charge on any atom is -0.381 e. The van der Waals surface area contributed by atoms with Crippen molar-refractivity contribution >= 4 is 0 Å². The Morgan fingerprint density at radius 1 is 1.36 bits per heavy atom. The fourth-order valence-corrected chi connectivity index (χ4v) is 0.878. The minimum atomic E-state index is -0.0240. The lowest BCUT2D eigenvalue weighted by molar-refractivity contribution is 0.125. The van der Waals surface area contributed by atoms with Gasteiger partial charge in [0.2, 0.25) is 0 Å². The second-order valence-corrected chi connectivity index (χ2v) is 3.31. The summed E-state index contributed by atoms with van der Waals surface area (Å²) in [7, 11) is 0. The molecule has 0 aliphatic heterocycles. The van der Waals surface area contributed by atoms with Crippen molar-refractivity contribution in [2.45, 2.75) is 46.4 Å².